The molecule has 17 heavy (non-hydrogen) atoms. The molecule has 88 valence electrons. The van der Waals surface area contributed by atoms with Crippen molar-refractivity contribution in [3.8, 4) is 11.4 Å². The normalized spacial score (nSPS) is 10.5. The summed E-state index contributed by atoms with van der Waals surface area (Å²) in [5.41, 5.74) is 9.95. The number of pyridine rings is 1. The van der Waals surface area contributed by atoms with Gasteiger partial charge in [-0.05, 0) is 31.9 Å². The van der Waals surface area contributed by atoms with Crippen LogP contribution in [0.15, 0.2) is 18.5 Å². The van der Waals surface area contributed by atoms with Gasteiger partial charge in [-0.3, -0.25) is 4.98 Å². The van der Waals surface area contributed by atoms with Crippen molar-refractivity contribution in [2.45, 2.75) is 27.2 Å². The van der Waals surface area contributed by atoms with E-state index in [-0.39, 0.29) is 0 Å². The van der Waals surface area contributed by atoms with Gasteiger partial charge in [-0.2, -0.15) is 0 Å². The fraction of sp³-hybridized carbons (Fsp3) is 0.308. The third-order valence-corrected chi connectivity index (χ3v) is 2.88. The Kier molecular flexibility index (Phi) is 3.04. The highest BCUT2D eigenvalue weighted by molar-refractivity contribution is 5.61. The third kappa shape index (κ3) is 2.11. The fourth-order valence-corrected chi connectivity index (χ4v) is 1.87. The number of hydrogen-bond donors (Lipinski definition) is 1. The molecule has 0 amide bonds. The molecular weight excluding hydrogens is 212 g/mol. The van der Waals surface area contributed by atoms with Crippen LogP contribution in [0.3, 0.4) is 0 Å². The van der Waals surface area contributed by atoms with Crippen molar-refractivity contribution in [2.24, 2.45) is 0 Å². The molecule has 4 nitrogen and oxygen atoms in total. The topological polar surface area (TPSA) is 64.7 Å². The van der Waals surface area contributed by atoms with Crippen LogP contribution in [-0.2, 0) is 6.42 Å². The molecule has 4 heteroatoms. The summed E-state index contributed by atoms with van der Waals surface area (Å²) in [7, 11) is 0. The summed E-state index contributed by atoms with van der Waals surface area (Å²) in [6.07, 6.45) is 4.38. The average molecular weight is 228 g/mol. The summed E-state index contributed by atoms with van der Waals surface area (Å²) in [4.78, 5) is 13.0. The maximum Gasteiger partial charge on any atom is 0.163 e. The van der Waals surface area contributed by atoms with Crippen molar-refractivity contribution in [2.75, 3.05) is 5.73 Å². The second kappa shape index (κ2) is 4.49. The molecule has 0 unspecified atom stereocenters. The average Bonchev–Trinajstić information content (AvgIpc) is 2.29. The van der Waals surface area contributed by atoms with Gasteiger partial charge in [0, 0.05) is 29.2 Å². The Labute approximate surface area is 101 Å². The molecule has 0 radical (unpaired) electrons. The quantitative estimate of drug-likeness (QED) is 0.856. The van der Waals surface area contributed by atoms with Crippen LogP contribution in [-0.4, -0.2) is 15.0 Å². The molecule has 0 spiro atoms. The molecule has 2 heterocycles. The number of anilines is 1. The predicted molar refractivity (Wildman–Crippen MR) is 68.5 cm³/mol. The lowest BCUT2D eigenvalue weighted by Crippen LogP contribution is -2.05. The molecule has 0 aliphatic carbocycles. The number of nitrogens with zero attached hydrogens (tertiary/aromatic N) is 3. The van der Waals surface area contributed by atoms with E-state index in [0.29, 0.717) is 11.6 Å². The van der Waals surface area contributed by atoms with Gasteiger partial charge in [-0.1, -0.05) is 6.92 Å². The summed E-state index contributed by atoms with van der Waals surface area (Å²) < 4.78 is 0. The first-order valence-corrected chi connectivity index (χ1v) is 5.67. The van der Waals surface area contributed by atoms with E-state index < -0.39 is 0 Å². The first kappa shape index (κ1) is 11.5. The Morgan fingerprint density at radius 2 is 2.00 bits per heavy atom. The Balaban J connectivity index is 2.59. The van der Waals surface area contributed by atoms with Crippen molar-refractivity contribution in [1.82, 2.24) is 15.0 Å². The summed E-state index contributed by atoms with van der Waals surface area (Å²) in [5, 5.41) is 0. The van der Waals surface area contributed by atoms with Crippen LogP contribution in [0.5, 0.6) is 0 Å². The Bertz CT molecular complexity index is 526. The minimum atomic E-state index is 0.568. The van der Waals surface area contributed by atoms with Crippen LogP contribution in [0.2, 0.25) is 0 Å². The van der Waals surface area contributed by atoms with Gasteiger partial charge < -0.3 is 5.73 Å². The maximum absolute atomic E-state index is 5.95. The zero-order valence-electron chi connectivity index (χ0n) is 10.4. The minimum Gasteiger partial charge on any atom is -0.383 e. The summed E-state index contributed by atoms with van der Waals surface area (Å²) in [6, 6.07) is 1.94. The molecule has 0 saturated heterocycles. The zero-order valence-corrected chi connectivity index (χ0v) is 10.4. The summed E-state index contributed by atoms with van der Waals surface area (Å²) in [6.45, 7) is 6.03. The fourth-order valence-electron chi connectivity index (χ4n) is 1.87. The Morgan fingerprint density at radius 3 is 2.59 bits per heavy atom. The van der Waals surface area contributed by atoms with Crippen LogP contribution in [0.1, 0.15) is 23.7 Å². The lowest BCUT2D eigenvalue weighted by Gasteiger charge is -2.09. The molecule has 0 saturated carbocycles. The van der Waals surface area contributed by atoms with Gasteiger partial charge in [0.2, 0.25) is 0 Å². The molecule has 2 rings (SSSR count). The van der Waals surface area contributed by atoms with E-state index in [9.17, 15) is 0 Å². The molecule has 0 atom stereocenters. The van der Waals surface area contributed by atoms with Crippen molar-refractivity contribution in [3.05, 3.63) is 35.3 Å². The highest BCUT2D eigenvalue weighted by Crippen LogP contribution is 2.22. The first-order valence-electron chi connectivity index (χ1n) is 5.67. The van der Waals surface area contributed by atoms with E-state index >= 15 is 0 Å². The van der Waals surface area contributed by atoms with Gasteiger partial charge >= 0.3 is 0 Å². The van der Waals surface area contributed by atoms with Crippen molar-refractivity contribution in [1.29, 1.82) is 0 Å². The number of rotatable bonds is 2. The number of aromatic nitrogens is 3. The van der Waals surface area contributed by atoms with Crippen LogP contribution < -0.4 is 5.73 Å². The van der Waals surface area contributed by atoms with Crippen molar-refractivity contribution < 1.29 is 0 Å². The highest BCUT2D eigenvalue weighted by Gasteiger charge is 2.10. The van der Waals surface area contributed by atoms with E-state index in [0.717, 1.165) is 28.8 Å². The largest absolute Gasteiger partial charge is 0.383 e. The Hall–Kier alpha value is -1.97. The minimum absolute atomic E-state index is 0.568. The Morgan fingerprint density at radius 1 is 1.24 bits per heavy atom. The molecule has 2 aromatic heterocycles. The standard InChI is InChI=1S/C13H16N4/c1-4-10-9(3)16-13(17-12(10)14)11-7-15-6-5-8(11)2/h5-7H,4H2,1-3H3,(H2,14,16,17). The van der Waals surface area contributed by atoms with E-state index in [4.69, 9.17) is 5.73 Å². The monoisotopic (exact) mass is 228 g/mol. The van der Waals surface area contributed by atoms with E-state index in [1.165, 1.54) is 0 Å². The molecule has 0 fully saturated rings. The molecule has 0 aliphatic rings. The predicted octanol–water partition coefficient (Wildman–Crippen LogP) is 2.30. The molecule has 0 aliphatic heterocycles. The lowest BCUT2D eigenvalue weighted by atomic mass is 10.1. The van der Waals surface area contributed by atoms with Gasteiger partial charge in [-0.25, -0.2) is 9.97 Å². The number of nitrogens with two attached hydrogens (primary N) is 1. The smallest absolute Gasteiger partial charge is 0.163 e. The second-order valence-corrected chi connectivity index (χ2v) is 4.04. The maximum atomic E-state index is 5.95. The lowest BCUT2D eigenvalue weighted by molar-refractivity contribution is 1.01. The molecular formula is C13H16N4. The summed E-state index contributed by atoms with van der Waals surface area (Å²) >= 11 is 0. The zero-order chi connectivity index (χ0) is 12.4. The summed E-state index contributed by atoms with van der Waals surface area (Å²) in [5.74, 6) is 1.22. The van der Waals surface area contributed by atoms with Crippen LogP contribution in [0.25, 0.3) is 11.4 Å². The molecule has 0 bridgehead atoms. The van der Waals surface area contributed by atoms with Gasteiger partial charge in [-0.15, -0.1) is 0 Å². The highest BCUT2D eigenvalue weighted by atomic mass is 15.0. The van der Waals surface area contributed by atoms with Gasteiger partial charge in [0.15, 0.2) is 5.82 Å². The molecule has 2 N–H and O–H groups in total. The SMILES string of the molecule is CCc1c(C)nc(-c2cnccc2C)nc1N. The van der Waals surface area contributed by atoms with Crippen molar-refractivity contribution in [3.63, 3.8) is 0 Å². The number of nitrogen functional groups attached to an aromatic ring is 1. The number of hydrogen-bond acceptors (Lipinski definition) is 4. The van der Waals surface area contributed by atoms with Crippen LogP contribution in [0.4, 0.5) is 5.82 Å². The van der Waals surface area contributed by atoms with E-state index in [1.54, 1.807) is 12.4 Å². The second-order valence-electron chi connectivity index (χ2n) is 4.04. The van der Waals surface area contributed by atoms with Gasteiger partial charge in [0.25, 0.3) is 0 Å². The van der Waals surface area contributed by atoms with Crippen LogP contribution >= 0.6 is 0 Å². The first-order chi connectivity index (χ1) is 8.13. The van der Waals surface area contributed by atoms with Gasteiger partial charge in [0.05, 0.1) is 0 Å². The van der Waals surface area contributed by atoms with E-state index in [1.807, 2.05) is 19.9 Å². The molecule has 2 aromatic rings. The number of aryl methyl sites for hydroxylation is 2. The third-order valence-electron chi connectivity index (χ3n) is 2.88. The van der Waals surface area contributed by atoms with Crippen molar-refractivity contribution >= 4 is 5.82 Å². The van der Waals surface area contributed by atoms with Crippen LogP contribution in [0, 0.1) is 13.8 Å². The van der Waals surface area contributed by atoms with E-state index in [2.05, 4.69) is 21.9 Å². The van der Waals surface area contributed by atoms with Gasteiger partial charge in [0.1, 0.15) is 5.82 Å². The molecule has 0 aromatic carbocycles.